The molecule has 3 heterocycles. The molecule has 0 aromatic carbocycles. The molecule has 21 heavy (non-hydrogen) atoms. The van der Waals surface area contributed by atoms with Crippen molar-refractivity contribution in [3.8, 4) is 0 Å². The first-order valence-electron chi connectivity index (χ1n) is 6.42. The lowest BCUT2D eigenvalue weighted by Crippen LogP contribution is -2.20. The number of rotatable bonds is 5. The van der Waals surface area contributed by atoms with Crippen LogP contribution in [-0.2, 0) is 17.7 Å². The highest BCUT2D eigenvalue weighted by Crippen LogP contribution is 2.19. The summed E-state index contributed by atoms with van der Waals surface area (Å²) in [6, 6.07) is 0. The second-order valence-corrected chi connectivity index (χ2v) is 5.50. The van der Waals surface area contributed by atoms with E-state index in [1.54, 1.807) is 7.11 Å². The summed E-state index contributed by atoms with van der Waals surface area (Å²) in [7, 11) is 1.61. The van der Waals surface area contributed by atoms with Gasteiger partial charge in [0, 0.05) is 7.11 Å². The minimum atomic E-state index is -0.0821. The SMILES string of the molecule is COCCc1nc(Cn2cnc3c(C)csc3c2=O)no1. The van der Waals surface area contributed by atoms with Crippen LogP contribution in [0.4, 0.5) is 0 Å². The molecule has 0 aliphatic carbocycles. The first-order chi connectivity index (χ1) is 10.2. The normalized spacial score (nSPS) is 11.3. The van der Waals surface area contributed by atoms with Crippen LogP contribution in [-0.4, -0.2) is 33.4 Å². The molecule has 0 fully saturated rings. The molecule has 0 N–H and O–H groups in total. The van der Waals surface area contributed by atoms with Crippen LogP contribution in [0.25, 0.3) is 10.2 Å². The van der Waals surface area contributed by atoms with Crippen LogP contribution >= 0.6 is 11.3 Å². The minimum absolute atomic E-state index is 0.0821. The van der Waals surface area contributed by atoms with Crippen molar-refractivity contribution in [3.63, 3.8) is 0 Å². The first kappa shape index (κ1) is 13.9. The van der Waals surface area contributed by atoms with E-state index in [2.05, 4.69) is 15.1 Å². The number of thiophene rings is 1. The maximum absolute atomic E-state index is 12.4. The third-order valence-electron chi connectivity index (χ3n) is 3.07. The van der Waals surface area contributed by atoms with Gasteiger partial charge in [0.2, 0.25) is 5.89 Å². The van der Waals surface area contributed by atoms with Gasteiger partial charge >= 0.3 is 0 Å². The molecule has 0 unspecified atom stereocenters. The number of hydrogen-bond acceptors (Lipinski definition) is 7. The van der Waals surface area contributed by atoms with Gasteiger partial charge in [0.1, 0.15) is 4.70 Å². The zero-order valence-corrected chi connectivity index (χ0v) is 12.5. The Bertz CT molecular complexity index is 820. The Hall–Kier alpha value is -2.06. The van der Waals surface area contributed by atoms with Gasteiger partial charge in [-0.3, -0.25) is 9.36 Å². The monoisotopic (exact) mass is 306 g/mol. The fourth-order valence-electron chi connectivity index (χ4n) is 1.97. The Kier molecular flexibility index (Phi) is 3.80. The van der Waals surface area contributed by atoms with Gasteiger partial charge in [-0.1, -0.05) is 5.16 Å². The Balaban J connectivity index is 1.86. The molecule has 0 radical (unpaired) electrons. The average Bonchev–Trinajstić information content (AvgIpc) is 3.07. The summed E-state index contributed by atoms with van der Waals surface area (Å²) in [4.78, 5) is 20.9. The van der Waals surface area contributed by atoms with E-state index in [0.29, 0.717) is 29.4 Å². The van der Waals surface area contributed by atoms with Gasteiger partial charge in [0.25, 0.3) is 5.56 Å². The standard InChI is InChI=1S/C13H14N4O3S/c1-8-6-21-12-11(8)14-7-17(13(12)18)5-9-15-10(20-16-9)3-4-19-2/h6-7H,3-5H2,1-2H3. The highest BCUT2D eigenvalue weighted by Gasteiger charge is 2.11. The van der Waals surface area contributed by atoms with Gasteiger partial charge in [0.15, 0.2) is 5.82 Å². The summed E-state index contributed by atoms with van der Waals surface area (Å²) in [5.74, 6) is 0.957. The number of hydrogen-bond donors (Lipinski definition) is 0. The summed E-state index contributed by atoms with van der Waals surface area (Å²) in [5, 5.41) is 5.80. The quantitative estimate of drug-likeness (QED) is 0.708. The second kappa shape index (κ2) is 5.74. The van der Waals surface area contributed by atoms with Gasteiger partial charge in [-0.2, -0.15) is 4.98 Å². The van der Waals surface area contributed by atoms with E-state index in [-0.39, 0.29) is 12.1 Å². The Labute approximate surface area is 124 Å². The third kappa shape index (κ3) is 2.72. The molecular formula is C13H14N4O3S. The molecule has 8 heteroatoms. The highest BCUT2D eigenvalue weighted by atomic mass is 32.1. The van der Waals surface area contributed by atoms with E-state index in [4.69, 9.17) is 9.26 Å². The molecule has 0 bridgehead atoms. The van der Waals surface area contributed by atoms with Crippen molar-refractivity contribution in [2.45, 2.75) is 19.9 Å². The van der Waals surface area contributed by atoms with Crippen LogP contribution in [0.15, 0.2) is 21.0 Å². The van der Waals surface area contributed by atoms with Crippen LogP contribution in [0.3, 0.4) is 0 Å². The number of fused-ring (bicyclic) bond motifs is 1. The Morgan fingerprint density at radius 1 is 1.48 bits per heavy atom. The number of aromatic nitrogens is 4. The number of methoxy groups -OCH3 is 1. The van der Waals surface area contributed by atoms with Gasteiger partial charge in [-0.15, -0.1) is 11.3 Å². The average molecular weight is 306 g/mol. The summed E-state index contributed by atoms with van der Waals surface area (Å²) in [6.45, 7) is 2.70. The lowest BCUT2D eigenvalue weighted by atomic mass is 10.3. The molecule has 0 aliphatic rings. The summed E-state index contributed by atoms with van der Waals surface area (Å²) >= 11 is 1.40. The van der Waals surface area contributed by atoms with Crippen LogP contribution in [0.1, 0.15) is 17.3 Å². The zero-order chi connectivity index (χ0) is 14.8. The zero-order valence-electron chi connectivity index (χ0n) is 11.7. The topological polar surface area (TPSA) is 83.0 Å². The van der Waals surface area contributed by atoms with Crippen molar-refractivity contribution in [2.75, 3.05) is 13.7 Å². The first-order valence-corrected chi connectivity index (χ1v) is 7.30. The lowest BCUT2D eigenvalue weighted by Gasteiger charge is -2.01. The van der Waals surface area contributed by atoms with Crippen LogP contribution in [0.5, 0.6) is 0 Å². The van der Waals surface area contributed by atoms with Crippen LogP contribution < -0.4 is 5.56 Å². The third-order valence-corrected chi connectivity index (χ3v) is 4.14. The molecule has 7 nitrogen and oxygen atoms in total. The summed E-state index contributed by atoms with van der Waals surface area (Å²) in [5.41, 5.74) is 1.69. The fraction of sp³-hybridized carbons (Fsp3) is 0.385. The van der Waals surface area contributed by atoms with E-state index in [0.717, 1.165) is 11.1 Å². The smallest absolute Gasteiger partial charge is 0.271 e. The maximum atomic E-state index is 12.4. The molecule has 3 rings (SSSR count). The molecule has 0 aliphatic heterocycles. The van der Waals surface area contributed by atoms with Gasteiger partial charge in [-0.05, 0) is 17.9 Å². The minimum Gasteiger partial charge on any atom is -0.384 e. The van der Waals surface area contributed by atoms with Crippen molar-refractivity contribution in [1.82, 2.24) is 19.7 Å². The molecule has 110 valence electrons. The molecule has 0 spiro atoms. The number of ether oxygens (including phenoxy) is 1. The van der Waals surface area contributed by atoms with Crippen molar-refractivity contribution in [3.05, 3.63) is 39.3 Å². The van der Waals surface area contributed by atoms with Gasteiger partial charge < -0.3 is 9.26 Å². The molecule has 0 atom stereocenters. The summed E-state index contributed by atoms with van der Waals surface area (Å²) < 4.78 is 12.2. The molecule has 3 aromatic rings. The van der Waals surface area contributed by atoms with E-state index in [9.17, 15) is 4.79 Å². The highest BCUT2D eigenvalue weighted by molar-refractivity contribution is 7.17. The predicted molar refractivity (Wildman–Crippen MR) is 77.6 cm³/mol. The Morgan fingerprint density at radius 2 is 2.33 bits per heavy atom. The molecule has 0 saturated heterocycles. The van der Waals surface area contributed by atoms with Crippen molar-refractivity contribution in [2.24, 2.45) is 0 Å². The maximum Gasteiger partial charge on any atom is 0.271 e. The Morgan fingerprint density at radius 3 is 3.14 bits per heavy atom. The van der Waals surface area contributed by atoms with E-state index >= 15 is 0 Å². The van der Waals surface area contributed by atoms with E-state index in [1.165, 1.54) is 22.2 Å². The van der Waals surface area contributed by atoms with Gasteiger partial charge in [0.05, 0.1) is 31.4 Å². The predicted octanol–water partition coefficient (Wildman–Crippen LogP) is 1.39. The van der Waals surface area contributed by atoms with Crippen LogP contribution in [0.2, 0.25) is 0 Å². The van der Waals surface area contributed by atoms with Crippen molar-refractivity contribution >= 4 is 21.6 Å². The van der Waals surface area contributed by atoms with E-state index < -0.39 is 0 Å². The van der Waals surface area contributed by atoms with Crippen molar-refractivity contribution < 1.29 is 9.26 Å². The van der Waals surface area contributed by atoms with Crippen molar-refractivity contribution in [1.29, 1.82) is 0 Å². The lowest BCUT2D eigenvalue weighted by molar-refractivity contribution is 0.192. The second-order valence-electron chi connectivity index (χ2n) is 4.62. The van der Waals surface area contributed by atoms with Crippen LogP contribution in [0, 0.1) is 6.92 Å². The molecular weight excluding hydrogens is 292 g/mol. The van der Waals surface area contributed by atoms with E-state index in [1.807, 2.05) is 12.3 Å². The number of aryl methyl sites for hydroxylation is 1. The molecule has 0 saturated carbocycles. The summed E-state index contributed by atoms with van der Waals surface area (Å²) in [6.07, 6.45) is 2.08. The fourth-order valence-corrected chi connectivity index (χ4v) is 2.92. The van der Waals surface area contributed by atoms with Gasteiger partial charge in [-0.25, -0.2) is 4.98 Å². The molecule has 3 aromatic heterocycles. The molecule has 0 amide bonds. The largest absolute Gasteiger partial charge is 0.384 e. The number of nitrogens with zero attached hydrogens (tertiary/aromatic N) is 4.